The van der Waals surface area contributed by atoms with Crippen molar-refractivity contribution in [1.29, 1.82) is 0 Å². The van der Waals surface area contributed by atoms with Crippen molar-refractivity contribution in [2.45, 2.75) is 6.42 Å². The molecular weight excluding hydrogens is 292 g/mol. The Morgan fingerprint density at radius 2 is 2.38 bits per heavy atom. The molecule has 0 spiro atoms. The van der Waals surface area contributed by atoms with Gasteiger partial charge in [-0.2, -0.15) is 0 Å². The molecule has 1 rings (SSSR count). The van der Waals surface area contributed by atoms with E-state index in [-0.39, 0.29) is 64.1 Å². The first-order chi connectivity index (χ1) is 3.29. The van der Waals surface area contributed by atoms with Crippen LogP contribution in [0.1, 0.15) is 6.42 Å². The van der Waals surface area contributed by atoms with Gasteiger partial charge in [-0.1, -0.05) is 0 Å². The molecule has 0 aromatic rings. The van der Waals surface area contributed by atoms with Crippen molar-refractivity contribution in [1.82, 2.24) is 0 Å². The van der Waals surface area contributed by atoms with Gasteiger partial charge in [-0.15, -0.1) is 0 Å². The quantitative estimate of drug-likeness (QED) is 0.479. The maximum absolute atomic E-state index is 10.2. The van der Waals surface area contributed by atoms with E-state index in [1.807, 2.05) is 22.6 Å². The molecule has 1 aliphatic heterocycles. The Morgan fingerprint density at radius 3 is 2.50 bits per heavy atom. The second-order valence-electron chi connectivity index (χ2n) is 1.15. The van der Waals surface area contributed by atoms with E-state index in [1.165, 1.54) is 0 Å². The van der Waals surface area contributed by atoms with Crippen molar-refractivity contribution < 1.29 is 63.0 Å². The molecule has 0 saturated carbocycles. The Kier molecular flexibility index (Phi) is 5.42. The zero-order chi connectivity index (χ0) is 5.28. The fourth-order valence-corrected chi connectivity index (χ4v) is 0.740. The third-order valence-electron chi connectivity index (χ3n) is 0.567. The zero-order valence-electron chi connectivity index (χ0n) is 4.39. The van der Waals surface area contributed by atoms with Crippen LogP contribution < -0.4 is 58.2 Å². The van der Waals surface area contributed by atoms with E-state index in [0.29, 0.717) is 6.42 Å². The molecule has 0 radical (unpaired) electrons. The van der Waals surface area contributed by atoms with Gasteiger partial charge in [0.2, 0.25) is 0 Å². The Morgan fingerprint density at radius 1 is 1.75 bits per heavy atom. The number of halogens is 1. The molecule has 0 saturated heterocycles. The second-order valence-corrected chi connectivity index (χ2v) is 2.39. The minimum absolute atomic E-state index is 0. The number of carbonyl (C=O) groups is 1. The molecule has 0 aromatic carbocycles. The normalized spacial score (nSPS) is 16.6. The molecule has 0 N–H and O–H groups in total. The molecule has 1 aliphatic rings. The van der Waals surface area contributed by atoms with Gasteiger partial charge in [0.15, 0.2) is 0 Å². The number of hydrogen-bond acceptors (Lipinski definition) is 2. The summed E-state index contributed by atoms with van der Waals surface area (Å²) in [6.07, 6.45) is 0.403. The third kappa shape index (κ3) is 3.00. The van der Waals surface area contributed by atoms with Crippen molar-refractivity contribution in [2.75, 3.05) is 0 Å². The molecule has 5 heteroatoms. The van der Waals surface area contributed by atoms with Gasteiger partial charge in [0, 0.05) is 6.42 Å². The van der Waals surface area contributed by atoms with E-state index in [9.17, 15) is 4.79 Å². The number of nitrogens with zero attached hydrogens (tertiary/aromatic N) is 2. The summed E-state index contributed by atoms with van der Waals surface area (Å²) in [6, 6.07) is 0. The van der Waals surface area contributed by atoms with Crippen LogP contribution in [0, 0.1) is 0 Å². The van der Waals surface area contributed by atoms with Crippen LogP contribution in [0.15, 0.2) is 5.10 Å². The van der Waals surface area contributed by atoms with Crippen LogP contribution >= 0.6 is 22.6 Å². The fourth-order valence-electron chi connectivity index (χ4n) is 0.306. The average molecular weight is 294 g/mol. The molecule has 38 valence electrons. The van der Waals surface area contributed by atoms with Crippen molar-refractivity contribution in [2.24, 2.45) is 5.10 Å². The zero-order valence-corrected chi connectivity index (χ0v) is 11.5. The van der Waals surface area contributed by atoms with Crippen LogP contribution in [-0.2, 0) is 4.79 Å². The number of carbonyl (C=O) groups excluding carboxylic acids is 1. The largest absolute Gasteiger partial charge is 1.00 e. The van der Waals surface area contributed by atoms with Gasteiger partial charge in [0.25, 0.3) is 0 Å². The maximum atomic E-state index is 10.2. The standard InChI is InChI=1S/C3H3IN2O.Rb/c4-2-1-3(7)6-5-2;/h1H2,(H,6,7);/q;+1/p-1. The Labute approximate surface area is 110 Å². The van der Waals surface area contributed by atoms with Crippen LogP contribution in [0.3, 0.4) is 0 Å². The first-order valence-electron chi connectivity index (χ1n) is 1.75. The van der Waals surface area contributed by atoms with E-state index >= 15 is 0 Å². The Bertz CT molecular complexity index is 135. The van der Waals surface area contributed by atoms with Gasteiger partial charge in [0.1, 0.15) is 0 Å². The summed E-state index contributed by atoms with van der Waals surface area (Å²) in [5.41, 5.74) is 3.26. The summed E-state index contributed by atoms with van der Waals surface area (Å²) in [5, 5.41) is 3.50. The van der Waals surface area contributed by atoms with Gasteiger partial charge in [0.05, 0.1) is 9.63 Å². The predicted octanol–water partition coefficient (Wildman–Crippen LogP) is -1.96. The van der Waals surface area contributed by atoms with Gasteiger partial charge in [-0.05, 0) is 22.6 Å². The summed E-state index contributed by atoms with van der Waals surface area (Å²) in [5.74, 6) is -0.135. The average Bonchev–Trinajstić information content (AvgIpc) is 1.87. The van der Waals surface area contributed by atoms with Crippen LogP contribution in [0.25, 0.3) is 5.43 Å². The van der Waals surface area contributed by atoms with Gasteiger partial charge >= 0.3 is 58.2 Å². The summed E-state index contributed by atoms with van der Waals surface area (Å²) in [4.78, 5) is 10.2. The van der Waals surface area contributed by atoms with Crippen LogP contribution in [0.4, 0.5) is 0 Å². The van der Waals surface area contributed by atoms with Crippen LogP contribution in [-0.4, -0.2) is 9.63 Å². The molecule has 3 nitrogen and oxygen atoms in total. The maximum Gasteiger partial charge on any atom is 1.00 e. The smallest absolute Gasteiger partial charge is 0.544 e. The first-order valence-corrected chi connectivity index (χ1v) is 2.83. The van der Waals surface area contributed by atoms with Crippen molar-refractivity contribution in [3.05, 3.63) is 5.43 Å². The summed E-state index contributed by atoms with van der Waals surface area (Å²) < 4.78 is 0.780. The molecule has 0 fully saturated rings. The SMILES string of the molecule is O=C1CC(I)=N[N-]1.[Rb+]. The topological polar surface area (TPSA) is 43.5 Å². The summed E-state index contributed by atoms with van der Waals surface area (Å²) >= 11 is 1.98. The number of amides is 1. The molecule has 1 amide bonds. The van der Waals surface area contributed by atoms with Crippen molar-refractivity contribution in [3.63, 3.8) is 0 Å². The second kappa shape index (κ2) is 4.48. The van der Waals surface area contributed by atoms with E-state index < -0.39 is 0 Å². The minimum Gasteiger partial charge on any atom is -0.544 e. The van der Waals surface area contributed by atoms with Gasteiger partial charge in [-0.3, -0.25) is 0 Å². The molecule has 1 heterocycles. The van der Waals surface area contributed by atoms with Gasteiger partial charge < -0.3 is 15.3 Å². The van der Waals surface area contributed by atoms with Crippen LogP contribution in [0.5, 0.6) is 0 Å². The molecule has 0 aliphatic carbocycles. The number of rotatable bonds is 0. The molecule has 0 aromatic heterocycles. The van der Waals surface area contributed by atoms with Crippen molar-refractivity contribution in [3.8, 4) is 0 Å². The van der Waals surface area contributed by atoms with E-state index in [2.05, 4.69) is 10.5 Å². The summed E-state index contributed by atoms with van der Waals surface area (Å²) in [6.45, 7) is 0. The monoisotopic (exact) mass is 294 g/mol. The predicted molar refractivity (Wildman–Crippen MR) is 34.4 cm³/mol. The molecule has 0 bridgehead atoms. The minimum atomic E-state index is -0.135. The molecule has 0 unspecified atom stereocenters. The van der Waals surface area contributed by atoms with E-state index in [4.69, 9.17) is 0 Å². The third-order valence-corrected chi connectivity index (χ3v) is 1.16. The molecular formula is C3H2IN2ORb. The number of hydrogen-bond donors (Lipinski definition) is 0. The van der Waals surface area contributed by atoms with E-state index in [1.54, 1.807) is 0 Å². The molecule has 0 atom stereocenters. The van der Waals surface area contributed by atoms with E-state index in [0.717, 1.165) is 3.72 Å². The molecule has 8 heavy (non-hydrogen) atoms. The Hall–Kier alpha value is 1.68. The van der Waals surface area contributed by atoms with Crippen molar-refractivity contribution >= 4 is 32.2 Å². The first kappa shape index (κ1) is 9.68. The van der Waals surface area contributed by atoms with Gasteiger partial charge in [-0.25, -0.2) is 0 Å². The Balaban J connectivity index is 0.000000490. The summed E-state index contributed by atoms with van der Waals surface area (Å²) in [7, 11) is 0. The fraction of sp³-hybridized carbons (Fsp3) is 0.333. The van der Waals surface area contributed by atoms with Crippen LogP contribution in [0.2, 0.25) is 0 Å².